The van der Waals surface area contributed by atoms with Crippen molar-refractivity contribution in [2.45, 2.75) is 25.8 Å². The molecule has 0 atom stereocenters. The minimum absolute atomic E-state index is 0. The van der Waals surface area contributed by atoms with Crippen LogP contribution in [0.3, 0.4) is 0 Å². The number of piperidine rings is 1. The predicted molar refractivity (Wildman–Crippen MR) is 117 cm³/mol. The van der Waals surface area contributed by atoms with Crippen molar-refractivity contribution in [3.05, 3.63) is 76.3 Å². The van der Waals surface area contributed by atoms with Gasteiger partial charge in [-0.2, -0.15) is 0 Å². The lowest BCUT2D eigenvalue weighted by atomic mass is 10.0. The molecule has 4 rings (SSSR count). The normalized spacial score (nSPS) is 15.5. The van der Waals surface area contributed by atoms with E-state index in [0.29, 0.717) is 11.3 Å². The van der Waals surface area contributed by atoms with Gasteiger partial charge in [-0.3, -0.25) is 0 Å². The van der Waals surface area contributed by atoms with Crippen LogP contribution in [0, 0.1) is 0 Å². The maximum atomic E-state index is 12.9. The predicted octanol–water partition coefficient (Wildman–Crippen LogP) is 2.96. The van der Waals surface area contributed by atoms with Crippen LogP contribution in [-0.2, 0) is 6.54 Å². The molecule has 1 aliphatic heterocycles. The number of halogens is 2. The number of carbonyl (C=O) groups is 1. The van der Waals surface area contributed by atoms with E-state index >= 15 is 0 Å². The number of esters is 1. The fourth-order valence-corrected chi connectivity index (χ4v) is 4.38. The van der Waals surface area contributed by atoms with Crippen molar-refractivity contribution in [1.29, 1.82) is 0 Å². The molecule has 0 unspecified atom stereocenters. The number of ether oxygens (including phenoxy) is 1. The van der Waals surface area contributed by atoms with Crippen LogP contribution in [0.15, 0.2) is 65.1 Å². The highest BCUT2D eigenvalue weighted by Gasteiger charge is 2.27. The third-order valence-electron chi connectivity index (χ3n) is 5.68. The zero-order valence-electron chi connectivity index (χ0n) is 16.5. The molecule has 1 heterocycles. The summed E-state index contributed by atoms with van der Waals surface area (Å²) in [6.07, 6.45) is 3.84. The Morgan fingerprint density at radius 1 is 0.966 bits per heavy atom. The van der Waals surface area contributed by atoms with E-state index in [1.807, 2.05) is 30.3 Å². The first-order valence-electron chi connectivity index (χ1n) is 9.86. The minimum Gasteiger partial charge on any atom is -1.00 e. The van der Waals surface area contributed by atoms with Gasteiger partial charge in [0.05, 0.1) is 25.7 Å². The van der Waals surface area contributed by atoms with Crippen molar-refractivity contribution in [3.8, 4) is 5.75 Å². The molecule has 1 fully saturated rings. The van der Waals surface area contributed by atoms with Gasteiger partial charge in [-0.25, -0.2) is 4.79 Å². The summed E-state index contributed by atoms with van der Waals surface area (Å²) in [6, 6.07) is 19.7. The van der Waals surface area contributed by atoms with Gasteiger partial charge in [-0.1, -0.05) is 46.3 Å². The topological polar surface area (TPSA) is 26.3 Å². The lowest BCUT2D eigenvalue weighted by Gasteiger charge is -2.38. The van der Waals surface area contributed by atoms with Crippen LogP contribution >= 0.6 is 15.9 Å². The smallest absolute Gasteiger partial charge is 0.343 e. The van der Waals surface area contributed by atoms with E-state index in [2.05, 4.69) is 41.2 Å². The van der Waals surface area contributed by atoms with Crippen LogP contribution in [0.2, 0.25) is 0 Å². The summed E-state index contributed by atoms with van der Waals surface area (Å²) < 4.78 is 7.95. The molecule has 29 heavy (non-hydrogen) atoms. The molecule has 0 saturated carbocycles. The number of hydrogen-bond donors (Lipinski definition) is 0. The van der Waals surface area contributed by atoms with Crippen molar-refractivity contribution in [1.82, 2.24) is 0 Å². The van der Waals surface area contributed by atoms with Crippen LogP contribution in [0.4, 0.5) is 0 Å². The quantitative estimate of drug-likeness (QED) is 0.210. The molecule has 0 N–H and O–H groups in total. The molecule has 3 aromatic rings. The number of benzene rings is 3. The Morgan fingerprint density at radius 3 is 2.38 bits per heavy atom. The number of nitrogens with zero attached hydrogens (tertiary/aromatic N) is 1. The number of rotatable bonds is 4. The molecule has 3 nitrogen and oxygen atoms in total. The SMILES string of the molecule is C[N+]1(Cc2ccc3ccccc3c2OC(=O)c2ccc(Br)cc2)CCCCC1.[I-]. The molecule has 0 aliphatic carbocycles. The fraction of sp³-hybridized carbons (Fsp3) is 0.292. The summed E-state index contributed by atoms with van der Waals surface area (Å²) in [5.41, 5.74) is 1.66. The van der Waals surface area contributed by atoms with E-state index in [1.165, 1.54) is 32.4 Å². The molecule has 0 radical (unpaired) electrons. The molecule has 0 spiro atoms. The molecule has 1 saturated heterocycles. The first-order valence-corrected chi connectivity index (χ1v) is 10.7. The summed E-state index contributed by atoms with van der Waals surface area (Å²) in [4.78, 5) is 12.9. The Morgan fingerprint density at radius 2 is 1.66 bits per heavy atom. The van der Waals surface area contributed by atoms with E-state index < -0.39 is 0 Å². The van der Waals surface area contributed by atoms with Crippen molar-refractivity contribution in [2.24, 2.45) is 0 Å². The molecular formula is C24H25BrINO2. The molecule has 3 aromatic carbocycles. The van der Waals surface area contributed by atoms with Gasteiger partial charge in [0.1, 0.15) is 12.3 Å². The van der Waals surface area contributed by atoms with E-state index in [1.54, 1.807) is 12.1 Å². The van der Waals surface area contributed by atoms with Crippen molar-refractivity contribution in [3.63, 3.8) is 0 Å². The highest BCUT2D eigenvalue weighted by atomic mass is 127. The van der Waals surface area contributed by atoms with Crippen LogP contribution in [0.1, 0.15) is 35.2 Å². The van der Waals surface area contributed by atoms with Gasteiger partial charge in [0.25, 0.3) is 0 Å². The molecule has 0 bridgehead atoms. The molecule has 5 heteroatoms. The van der Waals surface area contributed by atoms with Gasteiger partial charge in [-0.15, -0.1) is 0 Å². The van der Waals surface area contributed by atoms with Crippen LogP contribution in [0.5, 0.6) is 5.75 Å². The Hall–Kier alpha value is -1.44. The first-order chi connectivity index (χ1) is 13.5. The monoisotopic (exact) mass is 565 g/mol. The van der Waals surface area contributed by atoms with E-state index in [-0.39, 0.29) is 29.9 Å². The largest absolute Gasteiger partial charge is 1.00 e. The summed E-state index contributed by atoms with van der Waals surface area (Å²) in [5, 5.41) is 2.08. The second kappa shape index (κ2) is 9.58. The minimum atomic E-state index is -0.314. The second-order valence-electron chi connectivity index (χ2n) is 7.96. The third kappa shape index (κ3) is 5.19. The van der Waals surface area contributed by atoms with Gasteiger partial charge in [0.2, 0.25) is 0 Å². The van der Waals surface area contributed by atoms with Crippen LogP contribution in [0.25, 0.3) is 10.8 Å². The van der Waals surface area contributed by atoms with Crippen molar-refractivity contribution < 1.29 is 38.0 Å². The maximum Gasteiger partial charge on any atom is 0.343 e. The molecule has 1 aliphatic rings. The molecule has 0 amide bonds. The number of quaternary nitrogens is 1. The highest BCUT2D eigenvalue weighted by Crippen LogP contribution is 2.33. The van der Waals surface area contributed by atoms with Crippen molar-refractivity contribution in [2.75, 3.05) is 20.1 Å². The lowest BCUT2D eigenvalue weighted by molar-refractivity contribution is -0.926. The summed E-state index contributed by atoms with van der Waals surface area (Å²) in [7, 11) is 2.31. The zero-order valence-corrected chi connectivity index (χ0v) is 20.3. The number of carbonyl (C=O) groups excluding carboxylic acids is 1. The number of hydrogen-bond acceptors (Lipinski definition) is 2. The first kappa shape index (κ1) is 22.2. The van der Waals surface area contributed by atoms with Gasteiger partial charge in [-0.05, 0) is 55.0 Å². The average Bonchev–Trinajstić information content (AvgIpc) is 2.70. The summed E-state index contributed by atoms with van der Waals surface area (Å²) in [6.45, 7) is 3.23. The van der Waals surface area contributed by atoms with E-state index in [9.17, 15) is 4.79 Å². The second-order valence-corrected chi connectivity index (χ2v) is 8.87. The van der Waals surface area contributed by atoms with E-state index in [4.69, 9.17) is 4.74 Å². The summed E-state index contributed by atoms with van der Waals surface area (Å²) in [5.74, 6) is 0.391. The van der Waals surface area contributed by atoms with Crippen LogP contribution < -0.4 is 28.7 Å². The van der Waals surface area contributed by atoms with E-state index in [0.717, 1.165) is 31.8 Å². The Kier molecular flexibility index (Phi) is 7.35. The van der Waals surface area contributed by atoms with Gasteiger partial charge in [0, 0.05) is 15.4 Å². The molecule has 0 aromatic heterocycles. The fourth-order valence-electron chi connectivity index (χ4n) is 4.12. The number of fused-ring (bicyclic) bond motifs is 1. The van der Waals surface area contributed by atoms with Gasteiger partial charge >= 0.3 is 5.97 Å². The Bertz CT molecular complexity index is 997. The Labute approximate surface area is 197 Å². The molecule has 152 valence electrons. The average molecular weight is 566 g/mol. The third-order valence-corrected chi connectivity index (χ3v) is 6.21. The number of likely N-dealkylation sites (tertiary alicyclic amines) is 1. The zero-order chi connectivity index (χ0) is 19.6. The van der Waals surface area contributed by atoms with Gasteiger partial charge in [0.15, 0.2) is 0 Å². The highest BCUT2D eigenvalue weighted by molar-refractivity contribution is 9.10. The van der Waals surface area contributed by atoms with Crippen LogP contribution in [-0.4, -0.2) is 30.6 Å². The lowest BCUT2D eigenvalue weighted by Crippen LogP contribution is -3.00. The van der Waals surface area contributed by atoms with Gasteiger partial charge < -0.3 is 33.2 Å². The standard InChI is InChI=1S/C24H25BrNO2.HI/c1-26(15-5-2-6-16-26)17-20-10-9-18-7-3-4-8-22(18)23(20)28-24(27)19-11-13-21(25)14-12-19;/h3-4,7-14H,2,5-6,15-17H2,1H3;1H/q+1;/p-1. The Balaban J connectivity index is 0.00000240. The van der Waals surface area contributed by atoms with Crippen molar-refractivity contribution >= 4 is 32.7 Å². The molecular weight excluding hydrogens is 541 g/mol. The maximum absolute atomic E-state index is 12.9. The summed E-state index contributed by atoms with van der Waals surface area (Å²) >= 11 is 3.41.